The lowest BCUT2D eigenvalue weighted by Crippen LogP contribution is -2.55. The monoisotopic (exact) mass is 225 g/mol. The summed E-state index contributed by atoms with van der Waals surface area (Å²) in [5.74, 6) is 0. The Hall–Kier alpha value is -0.120. The van der Waals surface area contributed by atoms with Crippen LogP contribution in [0.4, 0.5) is 0 Å². The predicted molar refractivity (Wildman–Crippen MR) is 68.8 cm³/mol. The summed E-state index contributed by atoms with van der Waals surface area (Å²) in [6.07, 6.45) is 4.17. The van der Waals surface area contributed by atoms with Gasteiger partial charge in [0.1, 0.15) is 0 Å². The lowest BCUT2D eigenvalue weighted by Gasteiger charge is -2.41. The van der Waals surface area contributed by atoms with Crippen molar-refractivity contribution in [3.05, 3.63) is 0 Å². The third-order valence-electron chi connectivity index (χ3n) is 4.40. The van der Waals surface area contributed by atoms with Gasteiger partial charge in [-0.25, -0.2) is 0 Å². The number of rotatable bonds is 3. The summed E-state index contributed by atoms with van der Waals surface area (Å²) in [5.41, 5.74) is 0. The summed E-state index contributed by atoms with van der Waals surface area (Å²) in [7, 11) is 2.12. The molecule has 1 heterocycles. The minimum Gasteiger partial charge on any atom is -0.315 e. The Labute approximate surface area is 100 Å². The molecule has 2 fully saturated rings. The zero-order chi connectivity index (χ0) is 11.5. The summed E-state index contributed by atoms with van der Waals surface area (Å²) >= 11 is 0. The SMILES string of the molecule is CNC1CCCC1N1CCN(C(C)C)CC1. The van der Waals surface area contributed by atoms with Crippen LogP contribution in [0.15, 0.2) is 0 Å². The highest BCUT2D eigenvalue weighted by atomic mass is 15.3. The molecule has 16 heavy (non-hydrogen) atoms. The molecule has 1 N–H and O–H groups in total. The summed E-state index contributed by atoms with van der Waals surface area (Å²) in [6.45, 7) is 9.65. The molecule has 1 saturated carbocycles. The zero-order valence-electron chi connectivity index (χ0n) is 11.1. The van der Waals surface area contributed by atoms with Crippen molar-refractivity contribution in [1.82, 2.24) is 15.1 Å². The van der Waals surface area contributed by atoms with E-state index in [-0.39, 0.29) is 0 Å². The molecule has 0 aromatic rings. The molecular weight excluding hydrogens is 198 g/mol. The normalized spacial score (nSPS) is 33.8. The van der Waals surface area contributed by atoms with E-state index >= 15 is 0 Å². The van der Waals surface area contributed by atoms with Gasteiger partial charge in [-0.3, -0.25) is 9.80 Å². The molecule has 94 valence electrons. The van der Waals surface area contributed by atoms with Crippen LogP contribution in [0.25, 0.3) is 0 Å². The Morgan fingerprint density at radius 3 is 2.31 bits per heavy atom. The Bertz CT molecular complexity index is 209. The second kappa shape index (κ2) is 5.48. The summed E-state index contributed by atoms with van der Waals surface area (Å²) in [6, 6.07) is 2.26. The fraction of sp³-hybridized carbons (Fsp3) is 1.00. The molecular formula is C13H27N3. The van der Waals surface area contributed by atoms with Gasteiger partial charge in [0, 0.05) is 44.3 Å². The standard InChI is InChI=1S/C13H27N3/c1-11(2)15-7-9-16(10-8-15)13-6-4-5-12(13)14-3/h11-14H,4-10H2,1-3H3. The second-order valence-electron chi connectivity index (χ2n) is 5.56. The van der Waals surface area contributed by atoms with E-state index in [2.05, 4.69) is 36.0 Å². The van der Waals surface area contributed by atoms with Crippen molar-refractivity contribution in [2.24, 2.45) is 0 Å². The number of nitrogens with zero attached hydrogens (tertiary/aromatic N) is 2. The first kappa shape index (κ1) is 12.3. The zero-order valence-corrected chi connectivity index (χ0v) is 11.1. The van der Waals surface area contributed by atoms with Gasteiger partial charge >= 0.3 is 0 Å². The van der Waals surface area contributed by atoms with Crippen LogP contribution < -0.4 is 5.32 Å². The van der Waals surface area contributed by atoms with E-state index in [1.54, 1.807) is 0 Å². The Balaban J connectivity index is 1.84. The van der Waals surface area contributed by atoms with Crippen LogP contribution in [0.2, 0.25) is 0 Å². The van der Waals surface area contributed by atoms with E-state index < -0.39 is 0 Å². The van der Waals surface area contributed by atoms with E-state index in [0.29, 0.717) is 6.04 Å². The first-order valence-corrected chi connectivity index (χ1v) is 6.87. The molecule has 0 amide bonds. The minimum atomic E-state index is 0.714. The highest BCUT2D eigenvalue weighted by molar-refractivity contribution is 4.91. The van der Waals surface area contributed by atoms with Gasteiger partial charge < -0.3 is 5.32 Å². The highest BCUT2D eigenvalue weighted by Crippen LogP contribution is 2.25. The molecule has 1 aliphatic carbocycles. The molecule has 1 saturated heterocycles. The number of hydrogen-bond donors (Lipinski definition) is 1. The molecule has 0 radical (unpaired) electrons. The summed E-state index contributed by atoms with van der Waals surface area (Å²) in [5, 5.41) is 3.49. The van der Waals surface area contributed by atoms with Crippen LogP contribution in [0.1, 0.15) is 33.1 Å². The number of likely N-dealkylation sites (N-methyl/N-ethyl adjacent to an activating group) is 1. The maximum Gasteiger partial charge on any atom is 0.0250 e. The minimum absolute atomic E-state index is 0.714. The van der Waals surface area contributed by atoms with Crippen LogP contribution in [0, 0.1) is 0 Å². The molecule has 2 rings (SSSR count). The van der Waals surface area contributed by atoms with Crippen molar-refractivity contribution >= 4 is 0 Å². The van der Waals surface area contributed by atoms with Gasteiger partial charge in [-0.2, -0.15) is 0 Å². The molecule has 0 aromatic heterocycles. The lowest BCUT2D eigenvalue weighted by molar-refractivity contribution is 0.0717. The van der Waals surface area contributed by atoms with Crippen LogP contribution >= 0.6 is 0 Å². The Morgan fingerprint density at radius 2 is 1.75 bits per heavy atom. The third kappa shape index (κ3) is 2.58. The fourth-order valence-electron chi connectivity index (χ4n) is 3.30. The van der Waals surface area contributed by atoms with Crippen molar-refractivity contribution in [1.29, 1.82) is 0 Å². The van der Waals surface area contributed by atoms with Gasteiger partial charge in [0.2, 0.25) is 0 Å². The molecule has 2 atom stereocenters. The summed E-state index contributed by atoms with van der Waals surface area (Å²) in [4.78, 5) is 5.31. The fourth-order valence-corrected chi connectivity index (χ4v) is 3.30. The van der Waals surface area contributed by atoms with Gasteiger partial charge in [0.25, 0.3) is 0 Å². The predicted octanol–water partition coefficient (Wildman–Crippen LogP) is 1.15. The molecule has 3 nitrogen and oxygen atoms in total. The maximum absolute atomic E-state index is 3.49. The van der Waals surface area contributed by atoms with E-state index in [1.165, 1.54) is 45.4 Å². The average molecular weight is 225 g/mol. The lowest BCUT2D eigenvalue weighted by atomic mass is 10.1. The maximum atomic E-state index is 3.49. The van der Waals surface area contributed by atoms with Crippen LogP contribution in [-0.4, -0.2) is 61.2 Å². The van der Waals surface area contributed by atoms with Gasteiger partial charge in [0.05, 0.1) is 0 Å². The van der Waals surface area contributed by atoms with Gasteiger partial charge in [0.15, 0.2) is 0 Å². The summed E-state index contributed by atoms with van der Waals surface area (Å²) < 4.78 is 0. The molecule has 0 bridgehead atoms. The smallest absolute Gasteiger partial charge is 0.0250 e. The van der Waals surface area contributed by atoms with Crippen molar-refractivity contribution in [3.63, 3.8) is 0 Å². The third-order valence-corrected chi connectivity index (χ3v) is 4.40. The van der Waals surface area contributed by atoms with Crippen molar-refractivity contribution in [2.45, 2.75) is 51.2 Å². The van der Waals surface area contributed by atoms with E-state index in [9.17, 15) is 0 Å². The Morgan fingerprint density at radius 1 is 1.06 bits per heavy atom. The van der Waals surface area contributed by atoms with Crippen LogP contribution in [-0.2, 0) is 0 Å². The highest BCUT2D eigenvalue weighted by Gasteiger charge is 2.32. The average Bonchev–Trinajstić information content (AvgIpc) is 2.77. The second-order valence-corrected chi connectivity index (χ2v) is 5.56. The van der Waals surface area contributed by atoms with E-state index in [1.807, 2.05) is 0 Å². The van der Waals surface area contributed by atoms with Crippen LogP contribution in [0.5, 0.6) is 0 Å². The van der Waals surface area contributed by atoms with E-state index in [4.69, 9.17) is 0 Å². The van der Waals surface area contributed by atoms with E-state index in [0.717, 1.165) is 12.1 Å². The largest absolute Gasteiger partial charge is 0.315 e. The number of nitrogens with one attached hydrogen (secondary N) is 1. The van der Waals surface area contributed by atoms with Crippen molar-refractivity contribution in [2.75, 3.05) is 33.2 Å². The quantitative estimate of drug-likeness (QED) is 0.777. The topological polar surface area (TPSA) is 18.5 Å². The molecule has 0 aromatic carbocycles. The van der Waals surface area contributed by atoms with Crippen molar-refractivity contribution < 1.29 is 0 Å². The molecule has 1 aliphatic heterocycles. The number of piperazine rings is 1. The molecule has 2 aliphatic rings. The van der Waals surface area contributed by atoms with Crippen LogP contribution in [0.3, 0.4) is 0 Å². The first-order chi connectivity index (χ1) is 7.72. The van der Waals surface area contributed by atoms with Gasteiger partial charge in [-0.15, -0.1) is 0 Å². The van der Waals surface area contributed by atoms with Crippen molar-refractivity contribution in [3.8, 4) is 0 Å². The first-order valence-electron chi connectivity index (χ1n) is 6.87. The molecule has 3 heteroatoms. The van der Waals surface area contributed by atoms with Gasteiger partial charge in [-0.05, 0) is 33.7 Å². The number of hydrogen-bond acceptors (Lipinski definition) is 3. The van der Waals surface area contributed by atoms with Gasteiger partial charge in [-0.1, -0.05) is 6.42 Å². The molecule has 0 spiro atoms. The Kier molecular flexibility index (Phi) is 4.22. The molecule has 2 unspecified atom stereocenters.